The second-order valence-electron chi connectivity index (χ2n) is 2.56. The van der Waals surface area contributed by atoms with E-state index in [1.807, 2.05) is 0 Å². The molecule has 0 spiro atoms. The monoisotopic (exact) mass is 179 g/mol. The summed E-state index contributed by atoms with van der Waals surface area (Å²) >= 11 is 0. The zero-order chi connectivity index (χ0) is 9.40. The molecule has 0 heterocycles. The van der Waals surface area contributed by atoms with Gasteiger partial charge in [0.1, 0.15) is 12.3 Å². The van der Waals surface area contributed by atoms with Crippen LogP contribution >= 0.6 is 0 Å². The summed E-state index contributed by atoms with van der Waals surface area (Å²) in [6.45, 7) is 5.40. The third-order valence-corrected chi connectivity index (χ3v) is 1.35. The molecule has 0 aliphatic rings. The fourth-order valence-electron chi connectivity index (χ4n) is 0.748. The smallest absolute Gasteiger partial charge is 0.119 e. The number of nitrogens with zero attached hydrogens (tertiary/aromatic N) is 1. The Hall–Kier alpha value is -0.640. The molecule has 2 nitrogen and oxygen atoms in total. The number of ether oxygens (including phenoxy) is 1. The van der Waals surface area contributed by atoms with E-state index in [4.69, 9.17) is 4.74 Å². The van der Waals surface area contributed by atoms with Gasteiger partial charge in [0, 0.05) is 5.34 Å². The fraction of sp³-hybridized carbons (Fsp3) is 0.750. The Morgan fingerprint density at radius 3 is 2.58 bits per heavy atom. The van der Waals surface area contributed by atoms with Gasteiger partial charge in [0.15, 0.2) is 0 Å². The predicted octanol–water partition coefficient (Wildman–Crippen LogP) is 2.78. The largest absolute Gasteiger partial charge is 0.497 e. The minimum absolute atomic E-state index is 0.121. The van der Waals surface area contributed by atoms with Crippen LogP contribution in [0.1, 0.15) is 26.2 Å². The van der Waals surface area contributed by atoms with E-state index in [9.17, 15) is 8.96 Å². The van der Waals surface area contributed by atoms with Crippen molar-refractivity contribution in [2.45, 2.75) is 26.2 Å². The first-order valence-electron chi connectivity index (χ1n) is 4.06. The minimum atomic E-state index is -0.942. The normalized spacial score (nSPS) is 10.3. The average Bonchev–Trinajstić information content (AvgIpc) is 1.97. The molecule has 0 fully saturated rings. The van der Waals surface area contributed by atoms with Gasteiger partial charge in [-0.3, -0.25) is 0 Å². The summed E-state index contributed by atoms with van der Waals surface area (Å²) in [5.41, 5.74) is 0. The molecule has 0 aliphatic heterocycles. The maximum atomic E-state index is 11.6. The molecule has 0 aromatic carbocycles. The van der Waals surface area contributed by atoms with Crippen molar-refractivity contribution in [3.8, 4) is 0 Å². The van der Waals surface area contributed by atoms with E-state index in [1.165, 1.54) is 0 Å². The second kappa shape index (κ2) is 7.03. The SMILES string of the molecule is C=C(CN(F)F)OCCCCC. The summed E-state index contributed by atoms with van der Waals surface area (Å²) in [5, 5.41) is -0.942. The topological polar surface area (TPSA) is 12.5 Å². The molecule has 0 unspecified atom stereocenters. The zero-order valence-corrected chi connectivity index (χ0v) is 7.35. The van der Waals surface area contributed by atoms with E-state index >= 15 is 0 Å². The van der Waals surface area contributed by atoms with E-state index in [0.717, 1.165) is 19.3 Å². The van der Waals surface area contributed by atoms with Gasteiger partial charge in [-0.15, -0.1) is 8.96 Å². The van der Waals surface area contributed by atoms with Gasteiger partial charge in [-0.05, 0) is 6.42 Å². The molecule has 0 bridgehead atoms. The van der Waals surface area contributed by atoms with Gasteiger partial charge >= 0.3 is 0 Å². The van der Waals surface area contributed by atoms with Crippen molar-refractivity contribution < 1.29 is 13.7 Å². The molecule has 72 valence electrons. The lowest BCUT2D eigenvalue weighted by molar-refractivity contribution is -0.151. The van der Waals surface area contributed by atoms with E-state index in [1.54, 1.807) is 0 Å². The average molecular weight is 179 g/mol. The van der Waals surface area contributed by atoms with Gasteiger partial charge in [-0.1, -0.05) is 26.3 Å². The molecule has 0 saturated carbocycles. The third-order valence-electron chi connectivity index (χ3n) is 1.35. The highest BCUT2D eigenvalue weighted by atomic mass is 19.4. The van der Waals surface area contributed by atoms with Crippen molar-refractivity contribution in [2.75, 3.05) is 13.2 Å². The summed E-state index contributed by atoms with van der Waals surface area (Å²) in [5.74, 6) is 0.121. The van der Waals surface area contributed by atoms with Crippen molar-refractivity contribution in [1.82, 2.24) is 5.34 Å². The summed E-state index contributed by atoms with van der Waals surface area (Å²) in [6, 6.07) is 0. The number of unbranched alkanes of at least 4 members (excludes halogenated alkanes) is 2. The second-order valence-corrected chi connectivity index (χ2v) is 2.56. The quantitative estimate of drug-likeness (QED) is 0.338. The van der Waals surface area contributed by atoms with Crippen LogP contribution in [0.5, 0.6) is 0 Å². The highest BCUT2D eigenvalue weighted by Gasteiger charge is 2.02. The molecule has 0 N–H and O–H groups in total. The lowest BCUT2D eigenvalue weighted by Gasteiger charge is -2.07. The van der Waals surface area contributed by atoms with E-state index in [0.29, 0.717) is 6.61 Å². The minimum Gasteiger partial charge on any atom is -0.497 e. The number of rotatable bonds is 7. The highest BCUT2D eigenvalue weighted by Crippen LogP contribution is 2.02. The lowest BCUT2D eigenvalue weighted by atomic mass is 10.3. The first kappa shape index (κ1) is 11.4. The molecule has 0 saturated heterocycles. The van der Waals surface area contributed by atoms with Crippen molar-refractivity contribution in [1.29, 1.82) is 0 Å². The van der Waals surface area contributed by atoms with Crippen LogP contribution in [-0.2, 0) is 4.74 Å². The molecule has 0 rings (SSSR count). The van der Waals surface area contributed by atoms with Gasteiger partial charge in [-0.25, -0.2) is 0 Å². The van der Waals surface area contributed by atoms with Crippen LogP contribution in [0.3, 0.4) is 0 Å². The van der Waals surface area contributed by atoms with Gasteiger partial charge < -0.3 is 4.74 Å². The Morgan fingerprint density at radius 1 is 1.42 bits per heavy atom. The summed E-state index contributed by atoms with van der Waals surface area (Å²) < 4.78 is 28.0. The zero-order valence-electron chi connectivity index (χ0n) is 7.35. The van der Waals surface area contributed by atoms with Gasteiger partial charge in [-0.2, -0.15) is 0 Å². The Morgan fingerprint density at radius 2 is 2.08 bits per heavy atom. The Labute approximate surface area is 71.7 Å². The standard InChI is InChI=1S/C8H15F2NO/c1-3-4-5-6-12-8(2)7-11(9)10/h2-7H2,1H3. The first-order valence-corrected chi connectivity index (χ1v) is 4.06. The lowest BCUT2D eigenvalue weighted by Crippen LogP contribution is -2.08. The van der Waals surface area contributed by atoms with E-state index in [-0.39, 0.29) is 5.76 Å². The van der Waals surface area contributed by atoms with Crippen LogP contribution in [0.25, 0.3) is 0 Å². The molecule has 0 atom stereocenters. The Kier molecular flexibility index (Phi) is 6.66. The number of halogens is 2. The van der Waals surface area contributed by atoms with Crippen molar-refractivity contribution in [3.63, 3.8) is 0 Å². The molecule has 0 radical (unpaired) electrons. The molecule has 0 aliphatic carbocycles. The summed E-state index contributed by atoms with van der Waals surface area (Å²) in [4.78, 5) is 0. The molecule has 0 aromatic rings. The highest BCUT2D eigenvalue weighted by molar-refractivity contribution is 4.83. The van der Waals surface area contributed by atoms with E-state index < -0.39 is 11.9 Å². The van der Waals surface area contributed by atoms with Gasteiger partial charge in [0.2, 0.25) is 0 Å². The van der Waals surface area contributed by atoms with Gasteiger partial charge in [0.25, 0.3) is 0 Å². The van der Waals surface area contributed by atoms with Crippen LogP contribution in [0.15, 0.2) is 12.3 Å². The van der Waals surface area contributed by atoms with Crippen LogP contribution < -0.4 is 0 Å². The maximum Gasteiger partial charge on any atom is 0.119 e. The maximum absolute atomic E-state index is 11.6. The van der Waals surface area contributed by atoms with Crippen LogP contribution in [0.2, 0.25) is 0 Å². The number of hydrogen-bond donors (Lipinski definition) is 0. The molecule has 0 amide bonds. The summed E-state index contributed by atoms with van der Waals surface area (Å²) in [6.07, 6.45) is 3.05. The molecule has 0 aromatic heterocycles. The molecule has 12 heavy (non-hydrogen) atoms. The third kappa shape index (κ3) is 7.47. The van der Waals surface area contributed by atoms with Gasteiger partial charge in [0.05, 0.1) is 6.61 Å². The van der Waals surface area contributed by atoms with Crippen molar-refractivity contribution >= 4 is 0 Å². The molecular weight excluding hydrogens is 164 g/mol. The molecule has 4 heteroatoms. The molecular formula is C8H15F2NO. The predicted molar refractivity (Wildman–Crippen MR) is 43.5 cm³/mol. The van der Waals surface area contributed by atoms with Crippen molar-refractivity contribution in [3.05, 3.63) is 12.3 Å². The van der Waals surface area contributed by atoms with E-state index in [2.05, 4.69) is 13.5 Å². The fourth-order valence-corrected chi connectivity index (χ4v) is 0.748. The summed E-state index contributed by atoms with van der Waals surface area (Å²) in [7, 11) is 0. The Balaban J connectivity index is 3.20. The van der Waals surface area contributed by atoms with Crippen LogP contribution in [0, 0.1) is 0 Å². The Bertz CT molecular complexity index is 128. The van der Waals surface area contributed by atoms with Crippen LogP contribution in [-0.4, -0.2) is 18.5 Å². The van der Waals surface area contributed by atoms with Crippen molar-refractivity contribution in [2.24, 2.45) is 0 Å². The van der Waals surface area contributed by atoms with Crippen LogP contribution in [0.4, 0.5) is 8.96 Å². The first-order chi connectivity index (χ1) is 5.66. The number of hydrogen-bond acceptors (Lipinski definition) is 2.